The molecule has 0 spiro atoms. The van der Waals surface area contributed by atoms with Gasteiger partial charge in [0, 0.05) is 6.20 Å². The molecular formula is C15H19N3O. The van der Waals surface area contributed by atoms with Gasteiger partial charge in [-0.05, 0) is 38.1 Å². The number of nitrogens with zero attached hydrogens (tertiary/aromatic N) is 1. The van der Waals surface area contributed by atoms with Gasteiger partial charge >= 0.3 is 0 Å². The highest BCUT2D eigenvalue weighted by Crippen LogP contribution is 2.30. The van der Waals surface area contributed by atoms with Crippen LogP contribution in [0.3, 0.4) is 0 Å². The molecule has 0 aliphatic carbocycles. The second-order valence-corrected chi connectivity index (χ2v) is 4.56. The van der Waals surface area contributed by atoms with Crippen molar-refractivity contribution in [1.29, 1.82) is 0 Å². The van der Waals surface area contributed by atoms with Gasteiger partial charge in [0.05, 0.1) is 29.7 Å². The number of para-hydroxylation sites is 1. The molecule has 0 bridgehead atoms. The number of pyridine rings is 1. The molecule has 2 rings (SSSR count). The smallest absolute Gasteiger partial charge is 0.144 e. The summed E-state index contributed by atoms with van der Waals surface area (Å²) < 4.78 is 5.66. The van der Waals surface area contributed by atoms with Gasteiger partial charge in [-0.1, -0.05) is 12.1 Å². The number of rotatable bonds is 5. The van der Waals surface area contributed by atoms with E-state index < -0.39 is 0 Å². The molecule has 0 unspecified atom stereocenters. The van der Waals surface area contributed by atoms with Crippen molar-refractivity contribution in [1.82, 2.24) is 4.98 Å². The largest absolute Gasteiger partial charge is 0.489 e. The van der Waals surface area contributed by atoms with Gasteiger partial charge in [-0.15, -0.1) is 0 Å². The minimum absolute atomic E-state index is 0.105. The van der Waals surface area contributed by atoms with Crippen LogP contribution in [0, 0.1) is 0 Å². The molecular weight excluding hydrogens is 238 g/mol. The maximum atomic E-state index is 6.09. The fraction of sp³-hybridized carbons (Fsp3) is 0.267. The van der Waals surface area contributed by atoms with Crippen LogP contribution in [-0.2, 0) is 6.54 Å². The second kappa shape index (κ2) is 6.09. The third kappa shape index (κ3) is 3.61. The highest BCUT2D eigenvalue weighted by atomic mass is 16.5. The van der Waals surface area contributed by atoms with Crippen molar-refractivity contribution in [2.75, 3.05) is 11.1 Å². The molecule has 0 saturated heterocycles. The zero-order valence-corrected chi connectivity index (χ0v) is 11.3. The molecule has 0 saturated carbocycles. The van der Waals surface area contributed by atoms with Gasteiger partial charge in [0.2, 0.25) is 0 Å². The van der Waals surface area contributed by atoms with Crippen molar-refractivity contribution >= 4 is 11.4 Å². The fourth-order valence-electron chi connectivity index (χ4n) is 1.74. The number of hydrogen-bond donors (Lipinski definition) is 2. The van der Waals surface area contributed by atoms with Crippen LogP contribution in [-0.4, -0.2) is 11.1 Å². The van der Waals surface area contributed by atoms with Gasteiger partial charge in [-0.2, -0.15) is 0 Å². The van der Waals surface area contributed by atoms with E-state index >= 15 is 0 Å². The summed E-state index contributed by atoms with van der Waals surface area (Å²) in [5, 5.41) is 3.28. The second-order valence-electron chi connectivity index (χ2n) is 4.56. The van der Waals surface area contributed by atoms with E-state index in [2.05, 4.69) is 10.3 Å². The molecule has 1 aromatic carbocycles. The number of ether oxygens (including phenoxy) is 1. The summed E-state index contributed by atoms with van der Waals surface area (Å²) in [6.45, 7) is 4.59. The molecule has 0 aliphatic rings. The van der Waals surface area contributed by atoms with Gasteiger partial charge in [0.15, 0.2) is 0 Å². The van der Waals surface area contributed by atoms with Crippen LogP contribution in [0.5, 0.6) is 5.75 Å². The minimum atomic E-state index is 0.105. The molecule has 0 aliphatic heterocycles. The van der Waals surface area contributed by atoms with Crippen LogP contribution in [0.15, 0.2) is 42.6 Å². The summed E-state index contributed by atoms with van der Waals surface area (Å²) in [7, 11) is 0. The van der Waals surface area contributed by atoms with Crippen molar-refractivity contribution in [2.24, 2.45) is 0 Å². The Morgan fingerprint density at radius 2 is 2.05 bits per heavy atom. The van der Waals surface area contributed by atoms with E-state index in [0.717, 1.165) is 11.4 Å². The summed E-state index contributed by atoms with van der Waals surface area (Å²) in [6.07, 6.45) is 1.88. The van der Waals surface area contributed by atoms with E-state index in [4.69, 9.17) is 10.5 Å². The average Bonchev–Trinajstić information content (AvgIpc) is 2.40. The van der Waals surface area contributed by atoms with Crippen molar-refractivity contribution in [3.63, 3.8) is 0 Å². The van der Waals surface area contributed by atoms with E-state index in [0.29, 0.717) is 18.0 Å². The first-order valence-corrected chi connectivity index (χ1v) is 6.35. The molecule has 19 heavy (non-hydrogen) atoms. The number of hydrogen-bond acceptors (Lipinski definition) is 4. The van der Waals surface area contributed by atoms with Crippen molar-refractivity contribution in [3.05, 3.63) is 48.3 Å². The zero-order valence-electron chi connectivity index (χ0n) is 11.3. The van der Waals surface area contributed by atoms with Crippen LogP contribution in [0.1, 0.15) is 19.5 Å². The van der Waals surface area contributed by atoms with Crippen molar-refractivity contribution in [3.8, 4) is 5.75 Å². The number of benzene rings is 1. The standard InChI is InChI=1S/C15H19N3O/c1-11(2)19-14-8-5-7-13(15(14)16)18-10-12-6-3-4-9-17-12/h3-9,11,18H,10,16H2,1-2H3. The average molecular weight is 257 g/mol. The van der Waals surface area contributed by atoms with Crippen LogP contribution < -0.4 is 15.8 Å². The van der Waals surface area contributed by atoms with Crippen molar-refractivity contribution < 1.29 is 4.74 Å². The predicted molar refractivity (Wildman–Crippen MR) is 78.2 cm³/mol. The topological polar surface area (TPSA) is 60.2 Å². The summed E-state index contributed by atoms with van der Waals surface area (Å²) >= 11 is 0. The third-order valence-electron chi connectivity index (χ3n) is 2.61. The predicted octanol–water partition coefficient (Wildman–Crippen LogP) is 3.06. The number of nitrogens with one attached hydrogen (secondary N) is 1. The monoisotopic (exact) mass is 257 g/mol. The molecule has 100 valence electrons. The lowest BCUT2D eigenvalue weighted by atomic mass is 10.2. The third-order valence-corrected chi connectivity index (χ3v) is 2.61. The highest BCUT2D eigenvalue weighted by Gasteiger charge is 2.07. The molecule has 3 N–H and O–H groups in total. The molecule has 4 heteroatoms. The van der Waals surface area contributed by atoms with E-state index in [-0.39, 0.29) is 6.10 Å². The van der Waals surface area contributed by atoms with Crippen molar-refractivity contribution in [2.45, 2.75) is 26.5 Å². The zero-order chi connectivity index (χ0) is 13.7. The Morgan fingerprint density at radius 3 is 2.74 bits per heavy atom. The Kier molecular flexibility index (Phi) is 4.23. The minimum Gasteiger partial charge on any atom is -0.489 e. The van der Waals surface area contributed by atoms with Gasteiger partial charge in [-0.25, -0.2) is 0 Å². The van der Waals surface area contributed by atoms with E-state index in [1.807, 2.05) is 50.2 Å². The lowest BCUT2D eigenvalue weighted by Gasteiger charge is -2.15. The van der Waals surface area contributed by atoms with Gasteiger partial charge in [0.1, 0.15) is 5.75 Å². The number of aromatic nitrogens is 1. The van der Waals surface area contributed by atoms with Crippen LogP contribution >= 0.6 is 0 Å². The summed E-state index contributed by atoms with van der Waals surface area (Å²) in [4.78, 5) is 4.26. The SMILES string of the molecule is CC(C)Oc1cccc(NCc2ccccn2)c1N. The molecule has 1 heterocycles. The summed E-state index contributed by atoms with van der Waals surface area (Å²) in [6, 6.07) is 11.6. The van der Waals surface area contributed by atoms with Gasteiger partial charge in [0.25, 0.3) is 0 Å². The normalized spacial score (nSPS) is 10.5. The first kappa shape index (κ1) is 13.2. The Bertz CT molecular complexity index is 526. The van der Waals surface area contributed by atoms with E-state index in [1.54, 1.807) is 6.20 Å². The van der Waals surface area contributed by atoms with E-state index in [9.17, 15) is 0 Å². The first-order chi connectivity index (χ1) is 9.16. The Morgan fingerprint density at radius 1 is 1.21 bits per heavy atom. The van der Waals surface area contributed by atoms with Gasteiger partial charge in [-0.3, -0.25) is 4.98 Å². The number of anilines is 2. The summed E-state index contributed by atoms with van der Waals surface area (Å²) in [5.41, 5.74) is 8.55. The van der Waals surface area contributed by atoms with E-state index in [1.165, 1.54) is 0 Å². The summed E-state index contributed by atoms with van der Waals surface area (Å²) in [5.74, 6) is 0.709. The number of nitrogens with two attached hydrogens (primary N) is 1. The molecule has 0 fully saturated rings. The molecule has 2 aromatic rings. The van der Waals surface area contributed by atoms with Crippen LogP contribution in [0.4, 0.5) is 11.4 Å². The van der Waals surface area contributed by atoms with Gasteiger partial charge < -0.3 is 15.8 Å². The Labute approximate surface area is 113 Å². The Hall–Kier alpha value is -2.23. The first-order valence-electron chi connectivity index (χ1n) is 6.35. The fourth-order valence-corrected chi connectivity index (χ4v) is 1.74. The quantitative estimate of drug-likeness (QED) is 0.808. The Balaban J connectivity index is 2.08. The maximum absolute atomic E-state index is 6.09. The lowest BCUT2D eigenvalue weighted by molar-refractivity contribution is 0.244. The maximum Gasteiger partial charge on any atom is 0.144 e. The molecule has 0 amide bonds. The number of nitrogen functional groups attached to an aromatic ring is 1. The molecule has 4 nitrogen and oxygen atoms in total. The lowest BCUT2D eigenvalue weighted by Crippen LogP contribution is -2.09. The van der Waals surface area contributed by atoms with Crippen LogP contribution in [0.25, 0.3) is 0 Å². The van der Waals surface area contributed by atoms with Crippen LogP contribution in [0.2, 0.25) is 0 Å². The molecule has 1 aromatic heterocycles. The molecule has 0 atom stereocenters. The highest BCUT2D eigenvalue weighted by molar-refractivity contribution is 5.72. The molecule has 0 radical (unpaired) electrons.